The maximum atomic E-state index is 13.6. The van der Waals surface area contributed by atoms with Gasteiger partial charge in [-0.1, -0.05) is 98.8 Å². The van der Waals surface area contributed by atoms with Gasteiger partial charge >= 0.3 is 0 Å². The molecule has 1 saturated carbocycles. The van der Waals surface area contributed by atoms with Crippen molar-refractivity contribution in [1.82, 2.24) is 0 Å². The molecule has 4 rings (SSSR count). The molecule has 0 nitrogen and oxygen atoms in total. The van der Waals surface area contributed by atoms with Gasteiger partial charge in [-0.25, -0.2) is 4.39 Å². The van der Waals surface area contributed by atoms with Gasteiger partial charge in [0.15, 0.2) is 0 Å². The second-order valence-corrected chi connectivity index (χ2v) is 10.6. The first-order chi connectivity index (χ1) is 16.6. The molecule has 0 spiro atoms. The Labute approximate surface area is 210 Å². The highest BCUT2D eigenvalue weighted by molar-refractivity contribution is 6.30. The molecule has 2 heteroatoms. The summed E-state index contributed by atoms with van der Waals surface area (Å²) in [4.78, 5) is 0. The topological polar surface area (TPSA) is 0 Å². The van der Waals surface area contributed by atoms with Gasteiger partial charge in [-0.15, -0.1) is 0 Å². The first kappa shape index (κ1) is 25.0. The number of hydrogen-bond donors (Lipinski definition) is 0. The molecule has 0 aliphatic heterocycles. The van der Waals surface area contributed by atoms with Crippen LogP contribution in [-0.2, 0) is 32.1 Å². The van der Waals surface area contributed by atoms with Crippen molar-refractivity contribution in [1.29, 1.82) is 0 Å². The molecule has 34 heavy (non-hydrogen) atoms. The minimum atomic E-state index is -0.328. The van der Waals surface area contributed by atoms with E-state index in [0.29, 0.717) is 0 Å². The zero-order valence-corrected chi connectivity index (χ0v) is 21.3. The third-order valence-corrected chi connectivity index (χ3v) is 8.10. The quantitative estimate of drug-likeness (QED) is 0.273. The number of halogens is 2. The SMILES string of the molecule is CCc1ccc(CCC2CCC(CCc3ccc(CCc4ccc(Cl)c(F)c4)cc3)CC2)cc1. The van der Waals surface area contributed by atoms with E-state index in [9.17, 15) is 4.39 Å². The Morgan fingerprint density at radius 2 is 1.03 bits per heavy atom. The van der Waals surface area contributed by atoms with Gasteiger partial charge < -0.3 is 0 Å². The molecule has 1 fully saturated rings. The zero-order valence-electron chi connectivity index (χ0n) is 20.5. The van der Waals surface area contributed by atoms with Crippen LogP contribution in [0, 0.1) is 17.7 Å². The largest absolute Gasteiger partial charge is 0.205 e. The molecule has 0 bridgehead atoms. The van der Waals surface area contributed by atoms with Crippen molar-refractivity contribution in [3.8, 4) is 0 Å². The fraction of sp³-hybridized carbons (Fsp3) is 0.438. The Morgan fingerprint density at radius 3 is 1.50 bits per heavy atom. The van der Waals surface area contributed by atoms with E-state index in [1.165, 1.54) is 73.6 Å². The van der Waals surface area contributed by atoms with Crippen molar-refractivity contribution >= 4 is 11.6 Å². The summed E-state index contributed by atoms with van der Waals surface area (Å²) in [5.41, 5.74) is 6.69. The molecular formula is C32H38ClF. The van der Waals surface area contributed by atoms with Crippen LogP contribution in [0.1, 0.15) is 73.3 Å². The first-order valence-electron chi connectivity index (χ1n) is 13.2. The summed E-state index contributed by atoms with van der Waals surface area (Å²) in [7, 11) is 0. The van der Waals surface area contributed by atoms with Crippen LogP contribution in [0.3, 0.4) is 0 Å². The van der Waals surface area contributed by atoms with Crippen molar-refractivity contribution in [2.75, 3.05) is 0 Å². The highest BCUT2D eigenvalue weighted by Gasteiger charge is 2.20. The van der Waals surface area contributed by atoms with E-state index >= 15 is 0 Å². The Bertz CT molecular complexity index is 1010. The molecule has 0 heterocycles. The summed E-state index contributed by atoms with van der Waals surface area (Å²) in [6.07, 6.45) is 13.6. The zero-order chi connectivity index (χ0) is 23.8. The highest BCUT2D eigenvalue weighted by atomic mass is 35.5. The average Bonchev–Trinajstić information content (AvgIpc) is 2.88. The Morgan fingerprint density at radius 1 is 0.618 bits per heavy atom. The van der Waals surface area contributed by atoms with Gasteiger partial charge in [0.05, 0.1) is 5.02 Å². The van der Waals surface area contributed by atoms with E-state index in [-0.39, 0.29) is 10.8 Å². The lowest BCUT2D eigenvalue weighted by Crippen LogP contribution is -2.15. The summed E-state index contributed by atoms with van der Waals surface area (Å²) in [5, 5.41) is 0.194. The molecule has 0 unspecified atom stereocenters. The van der Waals surface area contributed by atoms with Crippen LogP contribution in [0.4, 0.5) is 4.39 Å². The predicted octanol–water partition coefficient (Wildman–Crippen LogP) is 9.20. The molecule has 0 aromatic heterocycles. The van der Waals surface area contributed by atoms with Crippen molar-refractivity contribution in [2.24, 2.45) is 11.8 Å². The lowest BCUT2D eigenvalue weighted by molar-refractivity contribution is 0.253. The lowest BCUT2D eigenvalue weighted by atomic mass is 9.77. The molecule has 1 aliphatic rings. The molecular weight excluding hydrogens is 439 g/mol. The standard InChI is InChI=1S/C32H38ClF/c1-2-24-3-5-25(6-4-24)7-8-26-9-11-27(12-10-26)13-14-28-15-17-29(18-16-28)19-20-30-21-22-31(33)32(34)23-30/h3-6,15-18,21-23,26-27H,2,7-14,19-20H2,1H3. The molecule has 0 saturated heterocycles. The molecule has 0 N–H and O–H groups in total. The van der Waals surface area contributed by atoms with Crippen molar-refractivity contribution in [3.05, 3.63) is 105 Å². The molecule has 180 valence electrons. The van der Waals surface area contributed by atoms with Gasteiger partial charge in [0.25, 0.3) is 0 Å². The van der Waals surface area contributed by atoms with E-state index in [0.717, 1.165) is 36.7 Å². The molecule has 3 aromatic carbocycles. The Hall–Kier alpha value is -2.12. The van der Waals surface area contributed by atoms with Crippen LogP contribution in [-0.4, -0.2) is 0 Å². The summed E-state index contributed by atoms with van der Waals surface area (Å²) < 4.78 is 13.6. The van der Waals surface area contributed by atoms with Crippen LogP contribution in [0.25, 0.3) is 0 Å². The average molecular weight is 477 g/mol. The molecule has 3 aromatic rings. The van der Waals surface area contributed by atoms with E-state index in [2.05, 4.69) is 55.5 Å². The van der Waals surface area contributed by atoms with Crippen LogP contribution in [0.2, 0.25) is 5.02 Å². The maximum absolute atomic E-state index is 13.6. The van der Waals surface area contributed by atoms with Crippen LogP contribution < -0.4 is 0 Å². The van der Waals surface area contributed by atoms with Gasteiger partial charge in [0.2, 0.25) is 0 Å². The number of aryl methyl sites for hydroxylation is 5. The number of rotatable bonds is 10. The second-order valence-electron chi connectivity index (χ2n) is 10.2. The molecule has 0 atom stereocenters. The highest BCUT2D eigenvalue weighted by Crippen LogP contribution is 2.34. The Kier molecular flexibility index (Phi) is 9.22. The van der Waals surface area contributed by atoms with Gasteiger partial charge in [-0.05, 0) is 96.7 Å². The third-order valence-electron chi connectivity index (χ3n) is 7.79. The fourth-order valence-corrected chi connectivity index (χ4v) is 5.47. The van der Waals surface area contributed by atoms with Crippen LogP contribution in [0.15, 0.2) is 66.7 Å². The summed E-state index contributed by atoms with van der Waals surface area (Å²) in [6.45, 7) is 2.22. The van der Waals surface area contributed by atoms with Crippen LogP contribution in [0.5, 0.6) is 0 Å². The minimum Gasteiger partial charge on any atom is -0.205 e. The molecule has 0 radical (unpaired) electrons. The van der Waals surface area contributed by atoms with Gasteiger partial charge in [-0.2, -0.15) is 0 Å². The summed E-state index contributed by atoms with van der Waals surface area (Å²) in [6, 6.07) is 23.4. The van der Waals surface area contributed by atoms with Gasteiger partial charge in [-0.3, -0.25) is 0 Å². The van der Waals surface area contributed by atoms with Crippen molar-refractivity contribution in [3.63, 3.8) is 0 Å². The fourth-order valence-electron chi connectivity index (χ4n) is 5.35. The van der Waals surface area contributed by atoms with E-state index in [1.54, 1.807) is 12.1 Å². The minimum absolute atomic E-state index is 0.194. The summed E-state index contributed by atoms with van der Waals surface area (Å²) in [5.74, 6) is 1.47. The van der Waals surface area contributed by atoms with Gasteiger partial charge in [0, 0.05) is 0 Å². The van der Waals surface area contributed by atoms with E-state index < -0.39 is 0 Å². The maximum Gasteiger partial charge on any atom is 0.142 e. The first-order valence-corrected chi connectivity index (χ1v) is 13.6. The second kappa shape index (κ2) is 12.5. The van der Waals surface area contributed by atoms with Crippen LogP contribution >= 0.6 is 11.6 Å². The number of benzene rings is 3. The third kappa shape index (κ3) is 7.44. The van der Waals surface area contributed by atoms with E-state index in [4.69, 9.17) is 11.6 Å². The van der Waals surface area contributed by atoms with E-state index in [1.807, 2.05) is 6.07 Å². The van der Waals surface area contributed by atoms with Crippen molar-refractivity contribution in [2.45, 2.75) is 77.6 Å². The smallest absolute Gasteiger partial charge is 0.142 e. The number of hydrogen-bond acceptors (Lipinski definition) is 0. The summed E-state index contributed by atoms with van der Waals surface area (Å²) >= 11 is 5.78. The lowest BCUT2D eigenvalue weighted by Gasteiger charge is -2.28. The predicted molar refractivity (Wildman–Crippen MR) is 143 cm³/mol. The normalized spacial score (nSPS) is 18.2. The molecule has 1 aliphatic carbocycles. The Balaban J connectivity index is 1.14. The van der Waals surface area contributed by atoms with Gasteiger partial charge in [0.1, 0.15) is 5.82 Å². The molecule has 0 amide bonds. The monoisotopic (exact) mass is 476 g/mol. The van der Waals surface area contributed by atoms with Crippen molar-refractivity contribution < 1.29 is 4.39 Å².